The first-order valence-electron chi connectivity index (χ1n) is 11.7. The summed E-state index contributed by atoms with van der Waals surface area (Å²) in [6.45, 7) is 4.50. The third kappa shape index (κ3) is 4.88. The van der Waals surface area contributed by atoms with Crippen LogP contribution in [0.25, 0.3) is 11.4 Å². The summed E-state index contributed by atoms with van der Waals surface area (Å²) in [6.07, 6.45) is -1.01. The molecule has 0 bridgehead atoms. The van der Waals surface area contributed by atoms with Gasteiger partial charge in [0, 0.05) is 50.5 Å². The SMILES string of the molecule is CC1CCCN1c1nc(-c2cccc(Cl)c2Cl)nc(N2CCN(c3ncccc3C(F)(F)F)CC2)n1. The Morgan fingerprint density at radius 3 is 2.31 bits per heavy atom. The fourth-order valence-electron chi connectivity index (χ4n) is 4.64. The standard InChI is InChI=1S/C24H24Cl2F3N7/c1-15-5-4-10-36(15)23-32-20(16-6-2-8-18(25)19(16)26)31-22(33-23)35-13-11-34(12-14-35)21-17(24(27,28)29)7-3-9-30-21/h2-3,6-9,15H,4-5,10-14H2,1H3. The van der Waals surface area contributed by atoms with Gasteiger partial charge in [-0.05, 0) is 44.0 Å². The number of rotatable bonds is 4. The molecule has 1 aromatic carbocycles. The van der Waals surface area contributed by atoms with Crippen LogP contribution in [0.2, 0.25) is 10.0 Å². The maximum atomic E-state index is 13.5. The van der Waals surface area contributed by atoms with Crippen molar-refractivity contribution in [3.63, 3.8) is 0 Å². The van der Waals surface area contributed by atoms with Gasteiger partial charge in [-0.3, -0.25) is 0 Å². The van der Waals surface area contributed by atoms with E-state index in [1.54, 1.807) is 17.0 Å². The predicted octanol–water partition coefficient (Wildman–Crippen LogP) is 5.57. The van der Waals surface area contributed by atoms with E-state index >= 15 is 0 Å². The van der Waals surface area contributed by atoms with E-state index in [1.807, 2.05) is 11.0 Å². The number of anilines is 3. The summed E-state index contributed by atoms with van der Waals surface area (Å²) in [7, 11) is 0. The summed E-state index contributed by atoms with van der Waals surface area (Å²) >= 11 is 12.7. The van der Waals surface area contributed by atoms with E-state index in [9.17, 15) is 13.2 Å². The van der Waals surface area contributed by atoms with Crippen LogP contribution in [0, 0.1) is 0 Å². The highest BCUT2D eigenvalue weighted by Gasteiger charge is 2.36. The molecular formula is C24H24Cl2F3N7. The lowest BCUT2D eigenvalue weighted by atomic mass is 10.2. The average Bonchev–Trinajstić information content (AvgIpc) is 3.31. The van der Waals surface area contributed by atoms with E-state index in [0.29, 0.717) is 59.5 Å². The number of nitrogens with zero attached hydrogens (tertiary/aromatic N) is 7. The van der Waals surface area contributed by atoms with Crippen LogP contribution in [0.5, 0.6) is 0 Å². The molecule has 3 aromatic rings. The zero-order chi connectivity index (χ0) is 25.4. The van der Waals surface area contributed by atoms with Gasteiger partial charge in [-0.15, -0.1) is 0 Å². The lowest BCUT2D eigenvalue weighted by Gasteiger charge is -2.36. The second kappa shape index (κ2) is 9.89. The van der Waals surface area contributed by atoms with Gasteiger partial charge in [0.15, 0.2) is 5.82 Å². The van der Waals surface area contributed by atoms with Gasteiger partial charge >= 0.3 is 6.18 Å². The molecule has 12 heteroatoms. The fourth-order valence-corrected chi connectivity index (χ4v) is 5.02. The normalized spacial score (nSPS) is 18.7. The number of hydrogen-bond donors (Lipinski definition) is 0. The van der Waals surface area contributed by atoms with Crippen molar-refractivity contribution in [2.24, 2.45) is 0 Å². The van der Waals surface area contributed by atoms with Crippen molar-refractivity contribution in [1.29, 1.82) is 0 Å². The molecule has 2 fully saturated rings. The number of alkyl halides is 3. The summed E-state index contributed by atoms with van der Waals surface area (Å²) in [5.41, 5.74) is -0.135. The summed E-state index contributed by atoms with van der Waals surface area (Å²) in [5, 5.41) is 0.757. The Morgan fingerprint density at radius 1 is 0.889 bits per heavy atom. The number of benzene rings is 1. The maximum Gasteiger partial charge on any atom is 0.419 e. The molecule has 190 valence electrons. The van der Waals surface area contributed by atoms with Gasteiger partial charge in [0.05, 0.1) is 15.6 Å². The molecule has 1 unspecified atom stereocenters. The average molecular weight is 538 g/mol. The van der Waals surface area contributed by atoms with Crippen LogP contribution in [0.3, 0.4) is 0 Å². The molecule has 36 heavy (non-hydrogen) atoms. The Balaban J connectivity index is 1.45. The molecule has 0 aliphatic carbocycles. The van der Waals surface area contributed by atoms with Crippen molar-refractivity contribution >= 4 is 40.9 Å². The summed E-state index contributed by atoms with van der Waals surface area (Å²) in [5.74, 6) is 1.37. The van der Waals surface area contributed by atoms with E-state index in [4.69, 9.17) is 38.2 Å². The first-order valence-corrected chi connectivity index (χ1v) is 12.5. The van der Waals surface area contributed by atoms with Gasteiger partial charge in [-0.2, -0.15) is 28.1 Å². The third-order valence-corrected chi connectivity index (χ3v) is 7.39. The van der Waals surface area contributed by atoms with Crippen LogP contribution >= 0.6 is 23.2 Å². The molecule has 2 saturated heterocycles. The van der Waals surface area contributed by atoms with Gasteiger partial charge < -0.3 is 14.7 Å². The number of pyridine rings is 1. The molecule has 0 spiro atoms. The zero-order valence-corrected chi connectivity index (χ0v) is 21.0. The number of piperazine rings is 1. The summed E-state index contributed by atoms with van der Waals surface area (Å²) in [4.78, 5) is 24.0. The van der Waals surface area contributed by atoms with Crippen LogP contribution in [-0.4, -0.2) is 58.7 Å². The highest BCUT2D eigenvalue weighted by atomic mass is 35.5. The van der Waals surface area contributed by atoms with E-state index in [2.05, 4.69) is 16.8 Å². The number of halogens is 5. The minimum atomic E-state index is -4.47. The molecule has 0 saturated carbocycles. The van der Waals surface area contributed by atoms with E-state index in [0.717, 1.165) is 25.5 Å². The second-order valence-corrected chi connectivity index (χ2v) is 9.68. The van der Waals surface area contributed by atoms with Gasteiger partial charge in [0.1, 0.15) is 5.82 Å². The highest BCUT2D eigenvalue weighted by Crippen LogP contribution is 2.36. The lowest BCUT2D eigenvalue weighted by molar-refractivity contribution is -0.137. The van der Waals surface area contributed by atoms with Crippen LogP contribution in [0.15, 0.2) is 36.5 Å². The maximum absolute atomic E-state index is 13.5. The molecular weight excluding hydrogens is 514 g/mol. The lowest BCUT2D eigenvalue weighted by Crippen LogP contribution is -2.48. The minimum Gasteiger partial charge on any atom is -0.353 e. The summed E-state index contributed by atoms with van der Waals surface area (Å²) in [6, 6.07) is 7.94. The molecule has 1 atom stereocenters. The molecule has 7 nitrogen and oxygen atoms in total. The van der Waals surface area contributed by atoms with Crippen LogP contribution in [0.1, 0.15) is 25.3 Å². The smallest absolute Gasteiger partial charge is 0.353 e. The van der Waals surface area contributed by atoms with Crippen molar-refractivity contribution in [1.82, 2.24) is 19.9 Å². The first-order chi connectivity index (χ1) is 17.2. The Bertz CT molecular complexity index is 1250. The van der Waals surface area contributed by atoms with E-state index in [1.165, 1.54) is 12.3 Å². The van der Waals surface area contributed by atoms with Crippen molar-refractivity contribution in [2.75, 3.05) is 47.4 Å². The predicted molar refractivity (Wildman–Crippen MR) is 135 cm³/mol. The molecule has 0 amide bonds. The van der Waals surface area contributed by atoms with Crippen molar-refractivity contribution in [3.8, 4) is 11.4 Å². The minimum absolute atomic E-state index is 0.0572. The second-order valence-electron chi connectivity index (χ2n) is 8.89. The van der Waals surface area contributed by atoms with Crippen molar-refractivity contribution in [2.45, 2.75) is 32.0 Å². The van der Waals surface area contributed by atoms with Crippen LogP contribution in [0.4, 0.5) is 30.9 Å². The Hall–Kier alpha value is -2.85. The Kier molecular flexibility index (Phi) is 6.82. The fraction of sp³-hybridized carbons (Fsp3) is 0.417. The van der Waals surface area contributed by atoms with Gasteiger partial charge in [0.25, 0.3) is 0 Å². The highest BCUT2D eigenvalue weighted by molar-refractivity contribution is 6.43. The summed E-state index contributed by atoms with van der Waals surface area (Å²) < 4.78 is 40.5. The number of aromatic nitrogens is 4. The third-order valence-electron chi connectivity index (χ3n) is 6.57. The van der Waals surface area contributed by atoms with Gasteiger partial charge in [-0.1, -0.05) is 29.3 Å². The van der Waals surface area contributed by atoms with E-state index < -0.39 is 11.7 Å². The topological polar surface area (TPSA) is 61.3 Å². The molecule has 2 aliphatic heterocycles. The molecule has 0 N–H and O–H groups in total. The van der Waals surface area contributed by atoms with Crippen molar-refractivity contribution in [3.05, 3.63) is 52.1 Å². The van der Waals surface area contributed by atoms with E-state index in [-0.39, 0.29) is 11.9 Å². The van der Waals surface area contributed by atoms with Crippen LogP contribution in [-0.2, 0) is 6.18 Å². The quantitative estimate of drug-likeness (QED) is 0.430. The van der Waals surface area contributed by atoms with Crippen LogP contribution < -0.4 is 14.7 Å². The molecule has 2 aromatic heterocycles. The van der Waals surface area contributed by atoms with Gasteiger partial charge in [0.2, 0.25) is 11.9 Å². The number of hydrogen-bond acceptors (Lipinski definition) is 7. The zero-order valence-electron chi connectivity index (χ0n) is 19.5. The Morgan fingerprint density at radius 2 is 1.61 bits per heavy atom. The first kappa shape index (κ1) is 24.8. The van der Waals surface area contributed by atoms with Gasteiger partial charge in [-0.25, -0.2) is 4.98 Å². The molecule has 5 rings (SSSR count). The largest absolute Gasteiger partial charge is 0.419 e. The molecule has 2 aliphatic rings. The monoisotopic (exact) mass is 537 g/mol. The Labute approximate surface area is 216 Å². The van der Waals surface area contributed by atoms with Crippen molar-refractivity contribution < 1.29 is 13.2 Å². The molecule has 0 radical (unpaired) electrons. The molecule has 4 heterocycles.